The van der Waals surface area contributed by atoms with Gasteiger partial charge in [-0.25, -0.2) is 18.9 Å². The van der Waals surface area contributed by atoms with Gasteiger partial charge in [0.05, 0.1) is 13.3 Å². The van der Waals surface area contributed by atoms with E-state index in [1.165, 1.54) is 30.0 Å². The number of imidazole rings is 1. The molecule has 0 unspecified atom stereocenters. The van der Waals surface area contributed by atoms with E-state index in [-0.39, 0.29) is 11.5 Å². The number of pyridine rings is 1. The van der Waals surface area contributed by atoms with Crippen LogP contribution in [0.2, 0.25) is 0 Å². The maximum Gasteiger partial charge on any atom is 0.157 e. The number of fused-ring (bicyclic) bond motifs is 1. The summed E-state index contributed by atoms with van der Waals surface area (Å²) in [5.41, 5.74) is 5.50. The van der Waals surface area contributed by atoms with E-state index in [4.69, 9.17) is 10.5 Å². The first-order valence-corrected chi connectivity index (χ1v) is 6.89. The predicted octanol–water partition coefficient (Wildman–Crippen LogP) is 1.75. The van der Waals surface area contributed by atoms with Crippen molar-refractivity contribution < 1.29 is 14.2 Å². The summed E-state index contributed by atoms with van der Waals surface area (Å²) in [4.78, 5) is 8.20. The second-order valence-electron chi connectivity index (χ2n) is 5.60. The molecule has 0 amide bonds. The molecule has 0 aromatic carbocycles. The van der Waals surface area contributed by atoms with E-state index in [0.29, 0.717) is 22.8 Å². The average molecular weight is 317 g/mol. The molecule has 0 fully saturated rings. The van der Waals surface area contributed by atoms with Crippen LogP contribution in [0, 0.1) is 5.82 Å². The fourth-order valence-electron chi connectivity index (χ4n) is 2.28. The molecule has 0 aliphatic heterocycles. The number of nitrogens with two attached hydrogens (primary N) is 1. The Bertz CT molecular complexity index is 885. The molecule has 8 heteroatoms. The van der Waals surface area contributed by atoms with E-state index in [0.717, 1.165) is 0 Å². The molecule has 3 heterocycles. The van der Waals surface area contributed by atoms with Gasteiger partial charge >= 0.3 is 0 Å². The van der Waals surface area contributed by atoms with Crippen LogP contribution in [-0.4, -0.2) is 31.8 Å². The molecule has 3 aromatic rings. The quantitative estimate of drug-likeness (QED) is 0.763. The zero-order chi connectivity index (χ0) is 16.8. The molecule has 0 aliphatic carbocycles. The minimum absolute atomic E-state index is 0.0388. The van der Waals surface area contributed by atoms with Crippen molar-refractivity contribution in [3.63, 3.8) is 0 Å². The summed E-state index contributed by atoms with van der Waals surface area (Å²) >= 11 is 0. The number of nitrogen functional groups attached to an aromatic ring is 1. The molecule has 0 saturated heterocycles. The Kier molecular flexibility index (Phi) is 3.41. The fraction of sp³-hybridized carbons (Fsp3) is 0.267. The normalized spacial score (nSPS) is 11.9. The van der Waals surface area contributed by atoms with Crippen LogP contribution in [0.3, 0.4) is 0 Å². The van der Waals surface area contributed by atoms with Crippen molar-refractivity contribution in [2.24, 2.45) is 0 Å². The molecular formula is C15H16FN5O2. The maximum atomic E-state index is 14.1. The highest BCUT2D eigenvalue weighted by atomic mass is 19.1. The van der Waals surface area contributed by atoms with Crippen molar-refractivity contribution >= 4 is 11.5 Å². The molecule has 120 valence electrons. The highest BCUT2D eigenvalue weighted by Crippen LogP contribution is 2.30. The number of nitrogens with zero attached hydrogens (tertiary/aromatic N) is 4. The topological polar surface area (TPSA) is 98.6 Å². The van der Waals surface area contributed by atoms with Crippen molar-refractivity contribution in [3.05, 3.63) is 35.9 Å². The van der Waals surface area contributed by atoms with Crippen LogP contribution >= 0.6 is 0 Å². The largest absolute Gasteiger partial charge is 0.495 e. The van der Waals surface area contributed by atoms with Crippen LogP contribution in [0.5, 0.6) is 5.75 Å². The lowest BCUT2D eigenvalue weighted by Gasteiger charge is -2.19. The van der Waals surface area contributed by atoms with Crippen molar-refractivity contribution in [1.82, 2.24) is 19.6 Å². The second kappa shape index (κ2) is 5.17. The minimum Gasteiger partial charge on any atom is -0.495 e. The Morgan fingerprint density at radius 2 is 2.09 bits per heavy atom. The van der Waals surface area contributed by atoms with Crippen LogP contribution in [-0.2, 0) is 5.60 Å². The number of halogens is 1. The molecule has 0 spiro atoms. The van der Waals surface area contributed by atoms with Gasteiger partial charge in [-0.2, -0.15) is 5.10 Å². The van der Waals surface area contributed by atoms with Gasteiger partial charge in [0.2, 0.25) is 0 Å². The van der Waals surface area contributed by atoms with E-state index in [1.807, 2.05) is 0 Å². The van der Waals surface area contributed by atoms with Crippen molar-refractivity contribution in [3.8, 4) is 17.1 Å². The third-order valence-corrected chi connectivity index (χ3v) is 3.37. The second-order valence-corrected chi connectivity index (χ2v) is 5.60. The molecule has 0 radical (unpaired) electrons. The predicted molar refractivity (Wildman–Crippen MR) is 82.4 cm³/mol. The summed E-state index contributed by atoms with van der Waals surface area (Å²) < 4.78 is 20.7. The number of aliphatic hydroxyl groups is 1. The molecule has 0 aliphatic rings. The Labute approximate surface area is 131 Å². The molecule has 3 rings (SSSR count). The Morgan fingerprint density at radius 3 is 2.74 bits per heavy atom. The SMILES string of the molecule is COc1cc2ncc(-c3nc(N)ccc3F)n2nc1C(C)(C)O. The van der Waals surface area contributed by atoms with E-state index in [9.17, 15) is 9.50 Å². The average Bonchev–Trinajstić information content (AvgIpc) is 2.90. The molecule has 23 heavy (non-hydrogen) atoms. The first kappa shape index (κ1) is 15.2. The lowest BCUT2D eigenvalue weighted by atomic mass is 10.0. The van der Waals surface area contributed by atoms with E-state index < -0.39 is 11.4 Å². The number of ether oxygens (including phenoxy) is 1. The standard InChI is InChI=1S/C15H16FN5O2/c1-15(2,22)14-10(23-3)6-12-18-7-9(21(12)20-14)13-8(16)4-5-11(17)19-13/h4-7,22H,1-3H3,(H2,17,19). The van der Waals surface area contributed by atoms with Gasteiger partial charge in [-0.05, 0) is 26.0 Å². The maximum absolute atomic E-state index is 14.1. The third-order valence-electron chi connectivity index (χ3n) is 3.37. The van der Waals surface area contributed by atoms with Gasteiger partial charge in [-0.1, -0.05) is 0 Å². The Morgan fingerprint density at radius 1 is 1.35 bits per heavy atom. The van der Waals surface area contributed by atoms with Gasteiger partial charge < -0.3 is 15.6 Å². The minimum atomic E-state index is -1.25. The third kappa shape index (κ3) is 2.57. The smallest absolute Gasteiger partial charge is 0.157 e. The van der Waals surface area contributed by atoms with E-state index in [1.54, 1.807) is 19.9 Å². The van der Waals surface area contributed by atoms with Crippen molar-refractivity contribution in [2.45, 2.75) is 19.4 Å². The van der Waals surface area contributed by atoms with Crippen LogP contribution in [0.1, 0.15) is 19.5 Å². The van der Waals surface area contributed by atoms with Gasteiger partial charge in [-0.3, -0.25) is 0 Å². The number of hydrogen-bond donors (Lipinski definition) is 2. The van der Waals surface area contributed by atoms with Gasteiger partial charge in [0.1, 0.15) is 34.3 Å². The number of anilines is 1. The number of rotatable bonds is 3. The summed E-state index contributed by atoms with van der Waals surface area (Å²) in [5, 5.41) is 14.6. The molecule has 0 atom stereocenters. The summed E-state index contributed by atoms with van der Waals surface area (Å²) in [6, 6.07) is 4.23. The highest BCUT2D eigenvalue weighted by molar-refractivity contribution is 5.62. The van der Waals surface area contributed by atoms with Crippen molar-refractivity contribution in [1.29, 1.82) is 0 Å². The zero-order valence-electron chi connectivity index (χ0n) is 12.9. The Balaban J connectivity index is 2.30. The number of hydrogen-bond acceptors (Lipinski definition) is 6. The van der Waals surface area contributed by atoms with Crippen LogP contribution in [0.15, 0.2) is 24.4 Å². The van der Waals surface area contributed by atoms with Gasteiger partial charge in [0, 0.05) is 6.07 Å². The first-order chi connectivity index (χ1) is 10.8. The lowest BCUT2D eigenvalue weighted by Crippen LogP contribution is -2.20. The molecule has 0 saturated carbocycles. The van der Waals surface area contributed by atoms with Crippen LogP contribution in [0.25, 0.3) is 17.0 Å². The summed E-state index contributed by atoms with van der Waals surface area (Å²) in [7, 11) is 1.48. The van der Waals surface area contributed by atoms with E-state index >= 15 is 0 Å². The van der Waals surface area contributed by atoms with Crippen molar-refractivity contribution in [2.75, 3.05) is 12.8 Å². The fourth-order valence-corrected chi connectivity index (χ4v) is 2.28. The molecule has 0 bridgehead atoms. The highest BCUT2D eigenvalue weighted by Gasteiger charge is 2.25. The van der Waals surface area contributed by atoms with Gasteiger partial charge in [0.25, 0.3) is 0 Å². The Hall–Kier alpha value is -2.74. The lowest BCUT2D eigenvalue weighted by molar-refractivity contribution is 0.0694. The van der Waals surface area contributed by atoms with Crippen LogP contribution in [0.4, 0.5) is 10.2 Å². The summed E-state index contributed by atoms with van der Waals surface area (Å²) in [6.07, 6.45) is 1.45. The van der Waals surface area contributed by atoms with Gasteiger partial charge in [-0.15, -0.1) is 0 Å². The molecule has 7 nitrogen and oxygen atoms in total. The summed E-state index contributed by atoms with van der Waals surface area (Å²) in [5.74, 6) is 0.0409. The first-order valence-electron chi connectivity index (χ1n) is 6.89. The zero-order valence-corrected chi connectivity index (χ0v) is 12.9. The van der Waals surface area contributed by atoms with Crippen LogP contribution < -0.4 is 10.5 Å². The monoisotopic (exact) mass is 317 g/mol. The molecule has 3 N–H and O–H groups in total. The number of methoxy groups -OCH3 is 1. The number of aromatic nitrogens is 4. The molecule has 3 aromatic heterocycles. The van der Waals surface area contributed by atoms with Gasteiger partial charge in [0.15, 0.2) is 11.5 Å². The molecular weight excluding hydrogens is 301 g/mol. The van der Waals surface area contributed by atoms with E-state index in [2.05, 4.69) is 15.1 Å². The summed E-state index contributed by atoms with van der Waals surface area (Å²) in [6.45, 7) is 3.17.